The van der Waals surface area contributed by atoms with Crippen LogP contribution >= 0.6 is 0 Å². The second kappa shape index (κ2) is 4.61. The summed E-state index contributed by atoms with van der Waals surface area (Å²) in [5, 5.41) is 18.3. The molecule has 0 bridgehead atoms. The average molecular weight is 216 g/mol. The Balaban J connectivity index is 2.83. The number of rotatable bonds is 3. The number of esters is 1. The van der Waals surface area contributed by atoms with Gasteiger partial charge < -0.3 is 14.9 Å². The Bertz CT molecular complexity index is 255. The van der Waals surface area contributed by atoms with Crippen LogP contribution < -0.4 is 0 Å². The first kappa shape index (κ1) is 12.0. The Kier molecular flexibility index (Phi) is 3.68. The molecule has 1 rings (SSSR count). The van der Waals surface area contributed by atoms with Crippen molar-refractivity contribution in [1.82, 2.24) is 0 Å². The van der Waals surface area contributed by atoms with Gasteiger partial charge in [0, 0.05) is 6.92 Å². The van der Waals surface area contributed by atoms with Gasteiger partial charge in [-0.25, -0.2) is 4.79 Å². The predicted molar refractivity (Wildman–Crippen MR) is 51.2 cm³/mol. The van der Waals surface area contributed by atoms with E-state index in [0.717, 1.165) is 19.3 Å². The monoisotopic (exact) mass is 216 g/mol. The fourth-order valence-electron chi connectivity index (χ4n) is 2.09. The number of ether oxygens (including phenoxy) is 1. The zero-order valence-electron chi connectivity index (χ0n) is 8.73. The van der Waals surface area contributed by atoms with Crippen molar-refractivity contribution in [3.63, 3.8) is 0 Å². The molecule has 1 aliphatic carbocycles. The third-order valence-corrected chi connectivity index (χ3v) is 2.78. The van der Waals surface area contributed by atoms with Gasteiger partial charge in [0.05, 0.1) is 0 Å². The number of aliphatic carboxylic acids is 1. The molecule has 0 aromatic heterocycles. The summed E-state index contributed by atoms with van der Waals surface area (Å²) in [6, 6.07) is 0. The molecule has 0 spiro atoms. The van der Waals surface area contributed by atoms with Gasteiger partial charge in [-0.15, -0.1) is 0 Å². The summed E-state index contributed by atoms with van der Waals surface area (Å²) >= 11 is 0. The average Bonchev–Trinajstić information content (AvgIpc) is 2.16. The van der Waals surface area contributed by atoms with E-state index in [9.17, 15) is 14.7 Å². The molecule has 15 heavy (non-hydrogen) atoms. The van der Waals surface area contributed by atoms with Crippen molar-refractivity contribution in [1.29, 1.82) is 0 Å². The van der Waals surface area contributed by atoms with Crippen LogP contribution in [0.2, 0.25) is 0 Å². The van der Waals surface area contributed by atoms with Crippen LogP contribution in [0.5, 0.6) is 0 Å². The van der Waals surface area contributed by atoms with Crippen molar-refractivity contribution in [3.05, 3.63) is 0 Å². The Labute approximate surface area is 88.0 Å². The predicted octanol–water partition coefficient (Wildman–Crippen LogP) is 0.698. The number of aliphatic hydroxyl groups excluding tert-OH is 1. The number of carbonyl (C=O) groups is 2. The fraction of sp³-hybridized carbons (Fsp3) is 0.800. The maximum Gasteiger partial charge on any atom is 0.336 e. The molecule has 1 fully saturated rings. The van der Waals surface area contributed by atoms with Crippen LogP contribution in [0.1, 0.15) is 39.0 Å². The van der Waals surface area contributed by atoms with Crippen molar-refractivity contribution in [2.45, 2.75) is 50.7 Å². The molecule has 1 saturated carbocycles. The van der Waals surface area contributed by atoms with E-state index in [1.807, 2.05) is 0 Å². The summed E-state index contributed by atoms with van der Waals surface area (Å²) in [5.74, 6) is -1.88. The summed E-state index contributed by atoms with van der Waals surface area (Å²) in [6.45, 7) is 1.23. The van der Waals surface area contributed by atoms with E-state index < -0.39 is 23.6 Å². The van der Waals surface area contributed by atoms with E-state index in [1.165, 1.54) is 6.92 Å². The lowest BCUT2D eigenvalue weighted by Gasteiger charge is -2.38. The number of carboxylic acids is 1. The van der Waals surface area contributed by atoms with E-state index >= 15 is 0 Å². The first-order valence-electron chi connectivity index (χ1n) is 5.08. The minimum Gasteiger partial charge on any atom is -0.479 e. The van der Waals surface area contributed by atoms with E-state index in [-0.39, 0.29) is 0 Å². The van der Waals surface area contributed by atoms with Crippen LogP contribution in [0.3, 0.4) is 0 Å². The van der Waals surface area contributed by atoms with E-state index in [1.54, 1.807) is 0 Å². The molecule has 0 aromatic carbocycles. The van der Waals surface area contributed by atoms with Crippen molar-refractivity contribution in [2.75, 3.05) is 0 Å². The minimum atomic E-state index is -1.62. The second-order valence-electron chi connectivity index (χ2n) is 3.96. The van der Waals surface area contributed by atoms with Crippen LogP contribution in [0.25, 0.3) is 0 Å². The van der Waals surface area contributed by atoms with E-state index in [2.05, 4.69) is 0 Å². The molecule has 0 aliphatic heterocycles. The number of carbonyl (C=O) groups excluding carboxylic acids is 1. The number of carboxylic acid groups (broad SMARTS) is 1. The maximum atomic E-state index is 10.9. The van der Waals surface area contributed by atoms with Crippen LogP contribution in [0.15, 0.2) is 0 Å². The molecule has 0 aromatic rings. The van der Waals surface area contributed by atoms with Gasteiger partial charge in [0.2, 0.25) is 0 Å². The molecule has 0 saturated heterocycles. The maximum absolute atomic E-state index is 10.9. The van der Waals surface area contributed by atoms with Gasteiger partial charge in [0.15, 0.2) is 6.10 Å². The third-order valence-electron chi connectivity index (χ3n) is 2.78. The number of hydrogen-bond acceptors (Lipinski definition) is 4. The van der Waals surface area contributed by atoms with Crippen molar-refractivity contribution in [3.8, 4) is 0 Å². The lowest BCUT2D eigenvalue weighted by Crippen LogP contribution is -2.51. The highest BCUT2D eigenvalue weighted by Crippen LogP contribution is 2.34. The van der Waals surface area contributed by atoms with Gasteiger partial charge in [0.1, 0.15) is 5.60 Å². The summed E-state index contributed by atoms with van der Waals surface area (Å²) in [5.41, 5.74) is -1.21. The number of aliphatic hydroxyl groups is 1. The Morgan fingerprint density at radius 2 is 1.80 bits per heavy atom. The second-order valence-corrected chi connectivity index (χ2v) is 3.96. The van der Waals surface area contributed by atoms with Gasteiger partial charge in [-0.3, -0.25) is 4.79 Å². The van der Waals surface area contributed by atoms with Gasteiger partial charge in [-0.05, 0) is 25.7 Å². The standard InChI is InChI=1S/C10H16O5/c1-7(11)15-10(8(12)9(13)14)5-3-2-4-6-10/h8,12H,2-6H2,1H3,(H,13,14)/t8-/m0/s1. The molecule has 5 heteroatoms. The molecule has 1 atom stereocenters. The minimum absolute atomic E-state index is 0.417. The normalized spacial score (nSPS) is 21.7. The highest BCUT2D eigenvalue weighted by atomic mass is 16.6. The lowest BCUT2D eigenvalue weighted by atomic mass is 9.80. The Hall–Kier alpha value is -1.10. The lowest BCUT2D eigenvalue weighted by molar-refractivity contribution is -0.187. The molecule has 2 N–H and O–H groups in total. The molecule has 0 unspecified atom stereocenters. The SMILES string of the molecule is CC(=O)OC1([C@@H](O)C(=O)O)CCCCC1. The topological polar surface area (TPSA) is 83.8 Å². The Morgan fingerprint density at radius 1 is 1.27 bits per heavy atom. The molecular weight excluding hydrogens is 200 g/mol. The zero-order chi connectivity index (χ0) is 11.5. The van der Waals surface area contributed by atoms with Crippen LogP contribution in [0, 0.1) is 0 Å². The van der Waals surface area contributed by atoms with E-state index in [0.29, 0.717) is 12.8 Å². The van der Waals surface area contributed by atoms with E-state index in [4.69, 9.17) is 9.84 Å². The summed E-state index contributed by atoms with van der Waals surface area (Å²) in [6.07, 6.45) is 1.74. The third kappa shape index (κ3) is 2.68. The molecule has 0 radical (unpaired) electrons. The van der Waals surface area contributed by atoms with Crippen molar-refractivity contribution in [2.24, 2.45) is 0 Å². The van der Waals surface area contributed by atoms with Crippen molar-refractivity contribution >= 4 is 11.9 Å². The Morgan fingerprint density at radius 3 is 2.20 bits per heavy atom. The van der Waals surface area contributed by atoms with Crippen LogP contribution in [-0.2, 0) is 14.3 Å². The molecule has 0 heterocycles. The summed E-state index contributed by atoms with van der Waals surface area (Å²) in [7, 11) is 0. The van der Waals surface area contributed by atoms with Gasteiger partial charge in [-0.1, -0.05) is 6.42 Å². The van der Waals surface area contributed by atoms with Gasteiger partial charge >= 0.3 is 11.9 Å². The van der Waals surface area contributed by atoms with Gasteiger partial charge in [0.25, 0.3) is 0 Å². The first-order valence-corrected chi connectivity index (χ1v) is 5.08. The molecular formula is C10H16O5. The molecule has 0 amide bonds. The zero-order valence-corrected chi connectivity index (χ0v) is 8.73. The largest absolute Gasteiger partial charge is 0.479 e. The first-order chi connectivity index (χ1) is 6.98. The smallest absolute Gasteiger partial charge is 0.336 e. The number of hydrogen-bond donors (Lipinski definition) is 2. The van der Waals surface area contributed by atoms with Crippen LogP contribution in [0.4, 0.5) is 0 Å². The summed E-state index contributed by atoms with van der Waals surface area (Å²) in [4.78, 5) is 21.7. The summed E-state index contributed by atoms with van der Waals surface area (Å²) < 4.78 is 5.03. The van der Waals surface area contributed by atoms with Crippen LogP contribution in [-0.4, -0.2) is 33.9 Å². The fourth-order valence-corrected chi connectivity index (χ4v) is 2.09. The quantitative estimate of drug-likeness (QED) is 0.678. The van der Waals surface area contributed by atoms with Crippen molar-refractivity contribution < 1.29 is 24.5 Å². The molecule has 86 valence electrons. The van der Waals surface area contributed by atoms with Gasteiger partial charge in [-0.2, -0.15) is 0 Å². The highest BCUT2D eigenvalue weighted by Gasteiger charge is 2.46. The molecule has 1 aliphatic rings. The highest BCUT2D eigenvalue weighted by molar-refractivity contribution is 5.75. The molecule has 5 nitrogen and oxygen atoms in total.